The number of aliphatic carboxylic acids is 1. The first-order valence-corrected chi connectivity index (χ1v) is 10.5. The molecular formula is C15H23N3O6S2. The van der Waals surface area contributed by atoms with Crippen LogP contribution in [-0.4, -0.2) is 71.9 Å². The molecule has 1 unspecified atom stereocenters. The van der Waals surface area contributed by atoms with Gasteiger partial charge < -0.3 is 20.4 Å². The van der Waals surface area contributed by atoms with Crippen molar-refractivity contribution >= 4 is 34.5 Å². The van der Waals surface area contributed by atoms with Gasteiger partial charge in [-0.2, -0.15) is 0 Å². The Bertz CT molecular complexity index is 714. The van der Waals surface area contributed by atoms with Gasteiger partial charge in [0.2, 0.25) is 16.8 Å². The maximum absolute atomic E-state index is 12.3. The Labute approximate surface area is 157 Å². The molecule has 3 heterocycles. The van der Waals surface area contributed by atoms with Crippen LogP contribution in [0, 0.1) is 11.8 Å². The Hall–Kier alpha value is -1.14. The van der Waals surface area contributed by atoms with Crippen LogP contribution < -0.4 is 10.0 Å². The van der Waals surface area contributed by atoms with Crippen molar-refractivity contribution in [1.82, 2.24) is 14.9 Å². The molecule has 11 heteroatoms. The van der Waals surface area contributed by atoms with Crippen molar-refractivity contribution in [2.75, 3.05) is 13.1 Å². The number of carbonyl (C=O) groups excluding carboxylic acids is 1. The van der Waals surface area contributed by atoms with Gasteiger partial charge in [-0.05, 0) is 13.3 Å². The number of rotatable bonds is 7. The summed E-state index contributed by atoms with van der Waals surface area (Å²) in [5.41, 5.74) is 0.0265. The highest BCUT2D eigenvalue weighted by molar-refractivity contribution is 8.03. The highest BCUT2D eigenvalue weighted by atomic mass is 32.2. The van der Waals surface area contributed by atoms with Gasteiger partial charge in [0.1, 0.15) is 5.70 Å². The third-order valence-electron chi connectivity index (χ3n) is 5.25. The van der Waals surface area contributed by atoms with Crippen LogP contribution in [-0.2, 0) is 20.5 Å². The number of carbonyl (C=O) groups is 2. The van der Waals surface area contributed by atoms with Crippen LogP contribution in [0.25, 0.3) is 0 Å². The highest BCUT2D eigenvalue weighted by Crippen LogP contribution is 2.51. The van der Waals surface area contributed by atoms with Crippen LogP contribution in [0.5, 0.6) is 0 Å². The van der Waals surface area contributed by atoms with Crippen molar-refractivity contribution in [2.24, 2.45) is 11.8 Å². The van der Waals surface area contributed by atoms with Crippen molar-refractivity contribution in [3.63, 3.8) is 0 Å². The Morgan fingerprint density at radius 1 is 1.50 bits per heavy atom. The maximum Gasteiger partial charge on any atom is 0.353 e. The Balaban J connectivity index is 1.73. The fourth-order valence-corrected chi connectivity index (χ4v) is 5.96. The average molecular weight is 405 g/mol. The number of aliphatic hydroxyl groups excluding tert-OH is 1. The van der Waals surface area contributed by atoms with E-state index in [0.717, 1.165) is 0 Å². The first kappa shape index (κ1) is 19.6. The third-order valence-corrected chi connectivity index (χ3v) is 7.21. The van der Waals surface area contributed by atoms with Crippen molar-refractivity contribution < 1.29 is 28.2 Å². The fraction of sp³-hybridized carbons (Fsp3) is 0.733. The number of nitrogens with one attached hydrogen (secondary N) is 2. The molecule has 0 radical (unpaired) electrons. The van der Waals surface area contributed by atoms with E-state index in [0.29, 0.717) is 24.4 Å². The molecule has 1 amide bonds. The maximum atomic E-state index is 12.3. The Kier molecular flexibility index (Phi) is 5.63. The van der Waals surface area contributed by atoms with Gasteiger partial charge in [-0.3, -0.25) is 4.79 Å². The molecule has 3 aliphatic heterocycles. The largest absolute Gasteiger partial charge is 0.477 e. The molecule has 0 aromatic rings. The van der Waals surface area contributed by atoms with Crippen LogP contribution >= 0.6 is 11.8 Å². The van der Waals surface area contributed by atoms with E-state index in [1.807, 2.05) is 6.92 Å². The van der Waals surface area contributed by atoms with Crippen LogP contribution in [0.3, 0.4) is 0 Å². The number of fused-ring (bicyclic) bond motifs is 1. The number of carboxylic acid groups (broad SMARTS) is 1. The van der Waals surface area contributed by atoms with Crippen LogP contribution in [0.4, 0.5) is 0 Å². The van der Waals surface area contributed by atoms with Gasteiger partial charge in [-0.15, -0.1) is 11.8 Å². The van der Waals surface area contributed by atoms with Crippen LogP contribution in [0.2, 0.25) is 0 Å². The van der Waals surface area contributed by atoms with Gasteiger partial charge in [0.05, 0.1) is 18.1 Å². The Morgan fingerprint density at radius 2 is 2.19 bits per heavy atom. The summed E-state index contributed by atoms with van der Waals surface area (Å²) in [6, 6.07) is -0.317. The first-order chi connectivity index (χ1) is 12.2. The highest BCUT2D eigenvalue weighted by Gasteiger charge is 2.60. The molecule has 3 rings (SSSR count). The summed E-state index contributed by atoms with van der Waals surface area (Å²) in [4.78, 5) is 26.1. The standard InChI is InChI=1S/C15H23N3O6S2/c1-6-11-10(7(2)19)14(20)18(11)12(15(21)22)13(6)25-9-3-8(16-5-9)4-17-26(23)24/h6-11,16,19,26H,3-5H2,1-2H3,(H,21,22)(H,17,23,24)/t6-,7-,8+,9+,10-,11?/m1/s1. The quantitative estimate of drug-likeness (QED) is 0.261. The van der Waals surface area contributed by atoms with Crippen molar-refractivity contribution in [2.45, 2.75) is 43.7 Å². The molecule has 0 aliphatic carbocycles. The van der Waals surface area contributed by atoms with Crippen molar-refractivity contribution in [1.29, 1.82) is 0 Å². The normalized spacial score (nSPS) is 35.0. The van der Waals surface area contributed by atoms with Crippen LogP contribution in [0.1, 0.15) is 20.3 Å². The molecule has 0 aromatic carbocycles. The third kappa shape index (κ3) is 3.38. The van der Waals surface area contributed by atoms with E-state index in [4.69, 9.17) is 0 Å². The molecule has 0 aromatic heterocycles. The van der Waals surface area contributed by atoms with E-state index in [9.17, 15) is 28.2 Å². The lowest BCUT2D eigenvalue weighted by atomic mass is 9.79. The molecule has 146 valence electrons. The molecule has 0 saturated carbocycles. The van der Waals surface area contributed by atoms with Gasteiger partial charge in [-0.1, -0.05) is 6.92 Å². The lowest BCUT2D eigenvalue weighted by molar-refractivity contribution is -0.163. The Morgan fingerprint density at radius 3 is 2.77 bits per heavy atom. The second kappa shape index (κ2) is 7.47. The number of thioether (sulfide) groups is 1. The van der Waals surface area contributed by atoms with Gasteiger partial charge in [0.25, 0.3) is 0 Å². The summed E-state index contributed by atoms with van der Waals surface area (Å²) in [5.74, 6) is -2.19. The zero-order chi connectivity index (χ0) is 19.2. The van der Waals surface area contributed by atoms with Gasteiger partial charge >= 0.3 is 5.97 Å². The topological polar surface area (TPSA) is 136 Å². The zero-order valence-corrected chi connectivity index (χ0v) is 16.1. The minimum Gasteiger partial charge on any atom is -0.477 e. The molecule has 0 bridgehead atoms. The van der Waals surface area contributed by atoms with E-state index in [1.54, 1.807) is 6.92 Å². The van der Waals surface area contributed by atoms with E-state index in [-0.39, 0.29) is 34.9 Å². The van der Waals surface area contributed by atoms with Gasteiger partial charge in [0.15, 0.2) is 0 Å². The summed E-state index contributed by atoms with van der Waals surface area (Å²) >= 11 is 1.44. The number of nitrogens with zero attached hydrogens (tertiary/aromatic N) is 1. The van der Waals surface area contributed by atoms with Gasteiger partial charge in [-0.25, -0.2) is 17.9 Å². The molecule has 6 atom stereocenters. The van der Waals surface area contributed by atoms with E-state index in [1.165, 1.54) is 16.7 Å². The smallest absolute Gasteiger partial charge is 0.353 e. The number of thiol groups is 1. The molecule has 0 spiro atoms. The number of β-lactam (4-membered cyclic amide) rings is 1. The summed E-state index contributed by atoms with van der Waals surface area (Å²) in [6.45, 7) is 4.38. The molecule has 9 nitrogen and oxygen atoms in total. The van der Waals surface area contributed by atoms with Gasteiger partial charge in [0, 0.05) is 35.2 Å². The first-order valence-electron chi connectivity index (χ1n) is 8.48. The molecule has 2 saturated heterocycles. The number of aliphatic hydroxyl groups is 1. The lowest BCUT2D eigenvalue weighted by Crippen LogP contribution is -2.63. The second-order valence-electron chi connectivity index (χ2n) is 6.97. The molecule has 4 N–H and O–H groups in total. The number of hydrogen-bond acceptors (Lipinski definition) is 7. The minimum absolute atomic E-state index is 0.00476. The van der Waals surface area contributed by atoms with Crippen molar-refractivity contribution in [3.05, 3.63) is 10.6 Å². The molecular weight excluding hydrogens is 382 g/mol. The molecule has 26 heavy (non-hydrogen) atoms. The SMILES string of the molecule is C[C@H]1C(S[C@@H]2CN[C@H](CN[SH](=O)=O)C2)=C(C(=O)O)N2C(=O)[C@H]([C@@H](C)O)C12. The summed E-state index contributed by atoms with van der Waals surface area (Å²) in [6.07, 6.45) is -0.120. The summed E-state index contributed by atoms with van der Waals surface area (Å²) in [5, 5.41) is 22.8. The van der Waals surface area contributed by atoms with Crippen molar-refractivity contribution in [3.8, 4) is 0 Å². The number of carboxylic acids is 1. The number of amides is 1. The van der Waals surface area contributed by atoms with E-state index >= 15 is 0 Å². The predicted molar refractivity (Wildman–Crippen MR) is 95.7 cm³/mol. The van der Waals surface area contributed by atoms with E-state index < -0.39 is 28.9 Å². The van der Waals surface area contributed by atoms with Crippen LogP contribution in [0.15, 0.2) is 10.6 Å². The molecule has 2 fully saturated rings. The molecule has 3 aliphatic rings. The lowest BCUT2D eigenvalue weighted by Gasteiger charge is -2.46. The monoisotopic (exact) mass is 405 g/mol. The minimum atomic E-state index is -2.64. The summed E-state index contributed by atoms with van der Waals surface area (Å²) in [7, 11) is -2.64. The zero-order valence-electron chi connectivity index (χ0n) is 14.4. The number of hydrogen-bond donors (Lipinski definition) is 5. The second-order valence-corrected chi connectivity index (χ2v) is 9.14. The van der Waals surface area contributed by atoms with E-state index in [2.05, 4.69) is 10.0 Å². The fourth-order valence-electron chi connectivity index (χ4n) is 4.07. The summed E-state index contributed by atoms with van der Waals surface area (Å²) < 4.78 is 23.7. The average Bonchev–Trinajstić information content (AvgIpc) is 3.08. The predicted octanol–water partition coefficient (Wildman–Crippen LogP) is -1.28.